The predicted octanol–water partition coefficient (Wildman–Crippen LogP) is 7.45. The molecule has 0 amide bonds. The fourth-order valence-corrected chi connectivity index (χ4v) is 9.43. The van der Waals surface area contributed by atoms with Crippen molar-refractivity contribution >= 4 is 79.4 Å². The summed E-state index contributed by atoms with van der Waals surface area (Å²) in [7, 11) is 0. The zero-order valence-corrected chi connectivity index (χ0v) is 30.7. The van der Waals surface area contributed by atoms with E-state index in [-0.39, 0.29) is 12.6 Å². The molecule has 0 bridgehead atoms. The molecule has 9 heterocycles. The van der Waals surface area contributed by atoms with Gasteiger partial charge in [-0.1, -0.05) is 72.8 Å². The fraction of sp³-hybridized carbons (Fsp3) is 0.0638. The molecule has 2 aliphatic heterocycles. The van der Waals surface area contributed by atoms with Crippen LogP contribution in [-0.4, -0.2) is 45.8 Å². The van der Waals surface area contributed by atoms with Crippen LogP contribution >= 0.6 is 0 Å². The van der Waals surface area contributed by atoms with Crippen molar-refractivity contribution in [2.45, 2.75) is 18.8 Å². The molecule has 0 saturated carbocycles. The maximum absolute atomic E-state index is 5.21. The van der Waals surface area contributed by atoms with Gasteiger partial charge in [0.05, 0.1) is 22.1 Å². The molecule has 9 aromatic rings. The zero-order chi connectivity index (χ0) is 37.5. The van der Waals surface area contributed by atoms with Crippen molar-refractivity contribution in [1.29, 1.82) is 0 Å². The van der Waals surface area contributed by atoms with Gasteiger partial charge >= 0.3 is 0 Å². The van der Waals surface area contributed by atoms with Crippen molar-refractivity contribution in [3.8, 4) is 5.69 Å². The van der Waals surface area contributed by atoms with E-state index in [9.17, 15) is 0 Å². The van der Waals surface area contributed by atoms with Crippen molar-refractivity contribution in [1.82, 2.24) is 39.0 Å². The minimum absolute atomic E-state index is 0.00702. The lowest BCUT2D eigenvalue weighted by molar-refractivity contribution is 0.784. The molecule has 3 aliphatic rings. The molecule has 1 unspecified atom stereocenters. The molecule has 1 atom stereocenters. The molecule has 0 radical (unpaired) electrons. The molecule has 10 heteroatoms. The number of aromatic nitrogens is 8. The van der Waals surface area contributed by atoms with E-state index in [4.69, 9.17) is 29.9 Å². The Morgan fingerprint density at radius 3 is 2.28 bits per heavy atom. The Hall–Kier alpha value is -7.46. The van der Waals surface area contributed by atoms with Gasteiger partial charge < -0.3 is 0 Å². The lowest BCUT2D eigenvalue weighted by Crippen LogP contribution is -2.58. The van der Waals surface area contributed by atoms with E-state index in [0.717, 1.165) is 91.4 Å². The van der Waals surface area contributed by atoms with Gasteiger partial charge in [0.25, 0.3) is 6.71 Å². The van der Waals surface area contributed by atoms with E-state index in [1.807, 2.05) is 67.3 Å². The van der Waals surface area contributed by atoms with Crippen LogP contribution in [0.2, 0.25) is 0 Å². The summed E-state index contributed by atoms with van der Waals surface area (Å²) < 4.78 is 4.81. The normalized spacial score (nSPS) is 15.3. The number of rotatable bonds is 5. The van der Waals surface area contributed by atoms with Crippen LogP contribution in [0, 0.1) is 0 Å². The van der Waals surface area contributed by atoms with E-state index in [0.29, 0.717) is 0 Å². The molecular formula is C47H32BN9. The molecule has 12 rings (SSSR count). The molecule has 0 fully saturated rings. The molecule has 268 valence electrons. The molecule has 0 N–H and O–H groups in total. The minimum Gasteiger partial charge on any atom is -0.297 e. The molecule has 57 heavy (non-hydrogen) atoms. The quantitative estimate of drug-likeness (QED) is 0.170. The van der Waals surface area contributed by atoms with Gasteiger partial charge in [-0.2, -0.15) is 0 Å². The molecular weight excluding hydrogens is 701 g/mol. The van der Waals surface area contributed by atoms with Gasteiger partial charge in [0, 0.05) is 59.8 Å². The smallest absolute Gasteiger partial charge is 0.272 e. The highest BCUT2D eigenvalue weighted by Crippen LogP contribution is 2.43. The van der Waals surface area contributed by atoms with Crippen LogP contribution < -0.4 is 21.4 Å². The van der Waals surface area contributed by atoms with Gasteiger partial charge in [-0.05, 0) is 89.1 Å². The van der Waals surface area contributed by atoms with E-state index < -0.39 is 0 Å². The summed E-state index contributed by atoms with van der Waals surface area (Å²) >= 11 is 0. The number of hydrogen-bond acceptors (Lipinski definition) is 7. The Morgan fingerprint density at radius 2 is 1.46 bits per heavy atom. The number of anilines is 3. The number of pyridine rings is 4. The van der Waals surface area contributed by atoms with E-state index in [1.54, 1.807) is 6.33 Å². The Morgan fingerprint density at radius 1 is 0.667 bits per heavy atom. The molecule has 2 aromatic carbocycles. The fourth-order valence-electron chi connectivity index (χ4n) is 9.43. The summed E-state index contributed by atoms with van der Waals surface area (Å²) in [5, 5.41) is 1.01. The van der Waals surface area contributed by atoms with Crippen molar-refractivity contribution in [3.05, 3.63) is 181 Å². The third-order valence-electron chi connectivity index (χ3n) is 11.7. The van der Waals surface area contributed by atoms with Gasteiger partial charge in [0.1, 0.15) is 34.6 Å². The minimum atomic E-state index is -0.188. The van der Waals surface area contributed by atoms with E-state index in [2.05, 4.69) is 105 Å². The Kier molecular flexibility index (Phi) is 7.01. The number of hydrogen-bond donors (Lipinski definition) is 0. The van der Waals surface area contributed by atoms with Gasteiger partial charge in [-0.15, -0.1) is 0 Å². The second-order valence-corrected chi connectivity index (χ2v) is 14.7. The Bertz CT molecular complexity index is 3110. The van der Waals surface area contributed by atoms with Crippen LogP contribution in [0.15, 0.2) is 165 Å². The number of fused-ring (bicyclic) bond motifs is 9. The van der Waals surface area contributed by atoms with Crippen molar-refractivity contribution in [2.75, 3.05) is 4.90 Å². The SMILES string of the molecule is C1=CC=C(n2c3cccnc3c3c4ncnc5c4n(c32)-c2cc(N(c3ccccn3)c3ccccn3)cc3c2B5c2cccnc2C(c2ccccc2)C3)CC=C1. The largest absolute Gasteiger partial charge is 0.297 e. The predicted molar refractivity (Wildman–Crippen MR) is 228 cm³/mol. The van der Waals surface area contributed by atoms with E-state index >= 15 is 0 Å². The summed E-state index contributed by atoms with van der Waals surface area (Å²) in [6.45, 7) is -0.188. The van der Waals surface area contributed by atoms with Gasteiger partial charge in [0.15, 0.2) is 0 Å². The molecule has 1 aliphatic carbocycles. The van der Waals surface area contributed by atoms with Crippen LogP contribution in [-0.2, 0) is 6.42 Å². The van der Waals surface area contributed by atoms with Crippen molar-refractivity contribution in [3.63, 3.8) is 0 Å². The second-order valence-electron chi connectivity index (χ2n) is 14.7. The highest BCUT2D eigenvalue weighted by atomic mass is 15.2. The highest BCUT2D eigenvalue weighted by molar-refractivity contribution is 6.98. The number of benzene rings is 2. The highest BCUT2D eigenvalue weighted by Gasteiger charge is 2.43. The number of nitrogens with zero attached hydrogens (tertiary/aromatic N) is 9. The van der Waals surface area contributed by atoms with Crippen molar-refractivity contribution < 1.29 is 0 Å². The summed E-state index contributed by atoms with van der Waals surface area (Å²) in [4.78, 5) is 32.5. The standard InChI is InChI=1S/C47H32BN9/c1-2-7-17-32(16-6-1)55-36-19-13-25-52-43(36)40-44-45-46(54-29-53-44)48-35-18-12-24-51-42(35)34(30-14-4-3-5-15-30)27-31-26-33(28-37(41(31)48)57(45)47(40)55)56(38-20-8-10-22-49-38)39-21-9-11-23-50-39/h1-16,18-26,28-29,34H,17,27H2. The van der Waals surface area contributed by atoms with Crippen molar-refractivity contribution in [2.24, 2.45) is 0 Å². The monoisotopic (exact) mass is 733 g/mol. The number of allylic oxidation sites excluding steroid dienone is 6. The molecule has 7 aromatic heterocycles. The molecule has 0 saturated heterocycles. The average molecular weight is 734 g/mol. The maximum atomic E-state index is 5.21. The Labute approximate surface area is 328 Å². The summed E-state index contributed by atoms with van der Waals surface area (Å²) in [6, 6.07) is 36.0. The van der Waals surface area contributed by atoms with Gasteiger partial charge in [-0.25, -0.2) is 19.9 Å². The lowest BCUT2D eigenvalue weighted by atomic mass is 9.36. The topological polar surface area (TPSA) is 90.4 Å². The zero-order valence-electron chi connectivity index (χ0n) is 30.7. The average Bonchev–Trinajstić information content (AvgIpc) is 3.56. The third kappa shape index (κ3) is 4.70. The molecule has 0 spiro atoms. The first-order chi connectivity index (χ1) is 28.3. The maximum Gasteiger partial charge on any atom is 0.272 e. The first-order valence-corrected chi connectivity index (χ1v) is 19.3. The van der Waals surface area contributed by atoms with Crippen LogP contribution in [0.1, 0.15) is 29.2 Å². The van der Waals surface area contributed by atoms with Crippen LogP contribution in [0.4, 0.5) is 17.3 Å². The summed E-state index contributed by atoms with van der Waals surface area (Å²) in [6.07, 6.45) is 21.4. The first-order valence-electron chi connectivity index (χ1n) is 19.3. The second kappa shape index (κ2) is 12.5. The summed E-state index contributed by atoms with van der Waals surface area (Å²) in [5.74, 6) is 1.56. The lowest BCUT2D eigenvalue weighted by Gasteiger charge is -2.30. The van der Waals surface area contributed by atoms with Crippen LogP contribution in [0.3, 0.4) is 0 Å². The third-order valence-corrected chi connectivity index (χ3v) is 11.7. The van der Waals surface area contributed by atoms with Crippen LogP contribution in [0.25, 0.3) is 44.5 Å². The van der Waals surface area contributed by atoms with Crippen LogP contribution in [0.5, 0.6) is 0 Å². The summed E-state index contributed by atoms with van der Waals surface area (Å²) in [5.41, 5.74) is 14.9. The van der Waals surface area contributed by atoms with E-state index in [1.165, 1.54) is 16.6 Å². The van der Waals surface area contributed by atoms with Gasteiger partial charge in [-0.3, -0.25) is 24.0 Å². The van der Waals surface area contributed by atoms with Gasteiger partial charge in [0.2, 0.25) is 0 Å². The first kappa shape index (κ1) is 31.9. The Balaban J connectivity index is 1.26. The molecule has 9 nitrogen and oxygen atoms in total.